The number of piperazine rings is 1. The lowest BCUT2D eigenvalue weighted by atomic mass is 9.76. The summed E-state index contributed by atoms with van der Waals surface area (Å²) in [6, 6.07) is 8.30. The SMILES string of the molecule is C[C@@H]1CN(CCOC2CCC(N3C(=S)N(c4ccc(C#N)c(C(F)(F)F)c4)C(=O)C3(C)C)CC2)C[C@H](C)N1CC(=O)Nc1cc([C@@]2(C)CCC(=O)NC2=O)ccn1.Cl. The Morgan fingerprint density at radius 1 is 1.07 bits per heavy atom. The molecule has 18 heteroatoms. The summed E-state index contributed by atoms with van der Waals surface area (Å²) in [7, 11) is 0. The van der Waals surface area contributed by atoms with Gasteiger partial charge in [-0.1, -0.05) is 0 Å². The van der Waals surface area contributed by atoms with Gasteiger partial charge in [-0.15, -0.1) is 12.4 Å². The number of alkyl halides is 3. The lowest BCUT2D eigenvalue weighted by Gasteiger charge is -2.44. The second kappa shape index (κ2) is 17.6. The first-order valence-electron chi connectivity index (χ1n) is 19.3. The number of benzene rings is 1. The lowest BCUT2D eigenvalue weighted by Crippen LogP contribution is -2.58. The van der Waals surface area contributed by atoms with Gasteiger partial charge in [-0.3, -0.25) is 39.2 Å². The first-order chi connectivity index (χ1) is 26.8. The Morgan fingerprint density at radius 2 is 1.74 bits per heavy atom. The number of hydrogen-bond donors (Lipinski definition) is 2. The number of hydrogen-bond acceptors (Lipinski definition) is 10. The zero-order valence-corrected chi connectivity index (χ0v) is 34.9. The van der Waals surface area contributed by atoms with Crippen LogP contribution < -0.4 is 15.5 Å². The number of nitriles is 1. The molecule has 3 saturated heterocycles. The molecule has 0 unspecified atom stereocenters. The van der Waals surface area contributed by atoms with Crippen molar-refractivity contribution in [3.05, 3.63) is 53.2 Å². The highest BCUT2D eigenvalue weighted by Crippen LogP contribution is 2.41. The predicted molar refractivity (Wildman–Crippen MR) is 216 cm³/mol. The summed E-state index contributed by atoms with van der Waals surface area (Å²) in [6.07, 6.45) is 0.289. The van der Waals surface area contributed by atoms with E-state index in [-0.39, 0.29) is 78.1 Å². The maximum Gasteiger partial charge on any atom is 0.417 e. The number of thiocarbonyl (C=S) groups is 1. The zero-order valence-electron chi connectivity index (χ0n) is 33.2. The van der Waals surface area contributed by atoms with Crippen molar-refractivity contribution in [1.29, 1.82) is 5.26 Å². The third kappa shape index (κ3) is 9.16. The Hall–Kier alpha value is -4.21. The van der Waals surface area contributed by atoms with Gasteiger partial charge < -0.3 is 15.0 Å². The van der Waals surface area contributed by atoms with Gasteiger partial charge >= 0.3 is 6.18 Å². The molecule has 3 atom stereocenters. The van der Waals surface area contributed by atoms with Crippen molar-refractivity contribution in [3.63, 3.8) is 0 Å². The molecule has 314 valence electrons. The van der Waals surface area contributed by atoms with Crippen molar-refractivity contribution in [3.8, 4) is 6.07 Å². The number of ether oxygens (including phenoxy) is 1. The minimum atomic E-state index is -4.77. The van der Waals surface area contributed by atoms with E-state index >= 15 is 0 Å². The highest BCUT2D eigenvalue weighted by Gasteiger charge is 2.53. The Labute approximate surface area is 348 Å². The number of carbonyl (C=O) groups excluding carboxylic acids is 4. The summed E-state index contributed by atoms with van der Waals surface area (Å²) in [5, 5.41) is 14.7. The number of anilines is 2. The van der Waals surface area contributed by atoms with Gasteiger partial charge in [-0.05, 0) is 115 Å². The lowest BCUT2D eigenvalue weighted by molar-refractivity contribution is -0.138. The van der Waals surface area contributed by atoms with Crippen LogP contribution in [0.25, 0.3) is 0 Å². The van der Waals surface area contributed by atoms with Crippen molar-refractivity contribution < 1.29 is 37.1 Å². The van der Waals surface area contributed by atoms with E-state index in [9.17, 15) is 37.6 Å². The Morgan fingerprint density at radius 3 is 2.36 bits per heavy atom. The molecule has 1 saturated carbocycles. The first-order valence-corrected chi connectivity index (χ1v) is 19.7. The molecule has 2 N–H and O–H groups in total. The van der Waals surface area contributed by atoms with Crippen molar-refractivity contribution in [2.24, 2.45) is 0 Å². The molecule has 13 nitrogen and oxygen atoms in total. The van der Waals surface area contributed by atoms with E-state index in [2.05, 4.69) is 39.3 Å². The summed E-state index contributed by atoms with van der Waals surface area (Å²) >= 11 is 5.74. The number of nitrogens with zero attached hydrogens (tertiary/aromatic N) is 6. The molecule has 6 rings (SSSR count). The van der Waals surface area contributed by atoms with Crippen LogP contribution in [0.1, 0.15) is 89.8 Å². The minimum absolute atomic E-state index is 0. The molecule has 4 fully saturated rings. The molecule has 0 radical (unpaired) electrons. The average molecular weight is 847 g/mol. The molecule has 1 aromatic heterocycles. The fraction of sp³-hybridized carbons (Fsp3) is 0.575. The molecule has 0 bridgehead atoms. The molecule has 0 spiro atoms. The van der Waals surface area contributed by atoms with Crippen LogP contribution in [0, 0.1) is 11.3 Å². The highest BCUT2D eigenvalue weighted by molar-refractivity contribution is 7.80. The van der Waals surface area contributed by atoms with E-state index in [1.165, 1.54) is 6.07 Å². The van der Waals surface area contributed by atoms with Crippen LogP contribution in [-0.2, 0) is 35.5 Å². The Balaban J connectivity index is 0.00000641. The highest BCUT2D eigenvalue weighted by atomic mass is 35.5. The van der Waals surface area contributed by atoms with Gasteiger partial charge in [0.05, 0.1) is 47.6 Å². The summed E-state index contributed by atoms with van der Waals surface area (Å²) in [4.78, 5) is 62.9. The fourth-order valence-electron chi connectivity index (χ4n) is 8.70. The molecule has 1 aromatic carbocycles. The maximum atomic E-state index is 13.7. The van der Waals surface area contributed by atoms with Gasteiger partial charge in [0.1, 0.15) is 11.4 Å². The van der Waals surface area contributed by atoms with Gasteiger partial charge in [0.25, 0.3) is 5.91 Å². The van der Waals surface area contributed by atoms with Crippen molar-refractivity contribution in [2.75, 3.05) is 43.0 Å². The topological polar surface area (TPSA) is 151 Å². The molecule has 1 aliphatic carbocycles. The number of imide groups is 1. The number of rotatable bonds is 10. The van der Waals surface area contributed by atoms with E-state index in [0.29, 0.717) is 37.3 Å². The van der Waals surface area contributed by atoms with Crippen LogP contribution in [0.5, 0.6) is 0 Å². The summed E-state index contributed by atoms with van der Waals surface area (Å²) in [6.45, 7) is 12.4. The smallest absolute Gasteiger partial charge is 0.377 e. The van der Waals surface area contributed by atoms with E-state index in [0.717, 1.165) is 49.5 Å². The number of nitrogens with one attached hydrogen (secondary N) is 2. The fourth-order valence-corrected chi connectivity index (χ4v) is 9.27. The van der Waals surface area contributed by atoms with E-state index in [1.807, 2.05) is 4.90 Å². The summed E-state index contributed by atoms with van der Waals surface area (Å²) < 4.78 is 47.5. The number of pyridine rings is 1. The number of amides is 4. The van der Waals surface area contributed by atoms with Crippen LogP contribution in [-0.4, -0.2) is 111 Å². The van der Waals surface area contributed by atoms with Gasteiger partial charge in [-0.25, -0.2) is 4.98 Å². The van der Waals surface area contributed by atoms with Gasteiger partial charge in [-0.2, -0.15) is 18.4 Å². The van der Waals surface area contributed by atoms with Crippen molar-refractivity contribution >= 4 is 64.9 Å². The molecule has 4 aliphatic rings. The quantitative estimate of drug-likeness (QED) is 0.241. The van der Waals surface area contributed by atoms with Crippen molar-refractivity contribution in [2.45, 2.75) is 115 Å². The average Bonchev–Trinajstić information content (AvgIpc) is 3.33. The third-order valence-corrected chi connectivity index (χ3v) is 12.3. The second-order valence-corrected chi connectivity index (χ2v) is 16.7. The van der Waals surface area contributed by atoms with E-state index in [1.54, 1.807) is 45.2 Å². The monoisotopic (exact) mass is 846 g/mol. The van der Waals surface area contributed by atoms with E-state index in [4.69, 9.17) is 17.0 Å². The molecule has 3 aliphatic heterocycles. The van der Waals surface area contributed by atoms with Crippen molar-refractivity contribution in [1.82, 2.24) is 25.0 Å². The van der Waals surface area contributed by atoms with Crippen LogP contribution >= 0.6 is 24.6 Å². The number of aromatic nitrogens is 1. The Kier molecular flexibility index (Phi) is 13.6. The summed E-state index contributed by atoms with van der Waals surface area (Å²) in [5.74, 6) is -0.935. The molecular formula is C40H50ClF3N8O5S. The Bertz CT molecular complexity index is 1960. The summed E-state index contributed by atoms with van der Waals surface area (Å²) in [5.41, 5.74) is -2.93. The third-order valence-electron chi connectivity index (χ3n) is 12.0. The molecule has 4 heterocycles. The van der Waals surface area contributed by atoms with Crippen LogP contribution in [0.2, 0.25) is 0 Å². The standard InChI is InChI=1S/C40H49F3N8O5S.ClH/c1-24-21-48(22-25(2)49(24)23-34(53)46-32-18-27(13-15-45-32)39(5)14-12-33(52)47-35(39)54)16-17-56-30-10-8-28(9-11-30)51-37(57)50(36(55)38(51,3)4)29-7-6-26(20-44)31(19-29)40(41,42)43;/h6-7,13,15,18-19,24-25,28,30H,8-12,14,16-17,21-23H2,1-5H3,(H,45,46,53)(H,47,52,54);1H/t24-,25+,28?,30?,39-;/m1./s1. The van der Waals surface area contributed by atoms with Gasteiger partial charge in [0.2, 0.25) is 17.7 Å². The van der Waals surface area contributed by atoms with Crippen LogP contribution in [0.4, 0.5) is 24.7 Å². The molecule has 2 aromatic rings. The number of carbonyl (C=O) groups is 4. The van der Waals surface area contributed by atoms with E-state index < -0.39 is 34.2 Å². The normalized spacial score (nSPS) is 26.9. The largest absolute Gasteiger partial charge is 0.417 e. The minimum Gasteiger partial charge on any atom is -0.377 e. The molecule has 4 amide bonds. The first kappa shape index (κ1) is 44.9. The van der Waals surface area contributed by atoms with Crippen LogP contribution in [0.15, 0.2) is 36.5 Å². The predicted octanol–water partition coefficient (Wildman–Crippen LogP) is 5.16. The van der Waals surface area contributed by atoms with Gasteiger partial charge in [0.15, 0.2) is 5.11 Å². The van der Waals surface area contributed by atoms with Crippen LogP contribution in [0.3, 0.4) is 0 Å². The molecule has 58 heavy (non-hydrogen) atoms. The van der Waals surface area contributed by atoms with Gasteiger partial charge in [0, 0.05) is 50.4 Å². The maximum absolute atomic E-state index is 13.7. The molecular weight excluding hydrogens is 797 g/mol. The number of piperidine rings is 1. The second-order valence-electron chi connectivity index (χ2n) is 16.3. The number of halogens is 4. The zero-order chi connectivity index (χ0) is 41.4.